The Morgan fingerprint density at radius 1 is 1.04 bits per heavy atom. The van der Waals surface area contributed by atoms with E-state index in [1.807, 2.05) is 12.1 Å². The van der Waals surface area contributed by atoms with Gasteiger partial charge in [0.1, 0.15) is 13.2 Å². The number of hydrogen-bond acceptors (Lipinski definition) is 4. The molecule has 0 atom stereocenters. The Labute approximate surface area is 173 Å². The zero-order chi connectivity index (χ0) is 18.7. The Morgan fingerprint density at radius 2 is 1.85 bits per heavy atom. The quantitative estimate of drug-likeness (QED) is 0.713. The third kappa shape index (κ3) is 4.27. The Morgan fingerprint density at radius 3 is 2.67 bits per heavy atom. The molecular weight excluding hydrogens is 430 g/mol. The van der Waals surface area contributed by atoms with E-state index in [1.54, 1.807) is 0 Å². The van der Waals surface area contributed by atoms with Crippen LogP contribution in [0.4, 0.5) is 0 Å². The first-order valence-corrected chi connectivity index (χ1v) is 10.5. The van der Waals surface area contributed by atoms with Gasteiger partial charge in [-0.05, 0) is 48.2 Å². The summed E-state index contributed by atoms with van der Waals surface area (Å²) in [5, 5.41) is 4.25. The fourth-order valence-electron chi connectivity index (χ4n) is 3.86. The Bertz CT molecular complexity index is 808. The van der Waals surface area contributed by atoms with Crippen LogP contribution in [0, 0.1) is 0 Å². The fraction of sp³-hybridized carbons (Fsp3) is 0.429. The van der Waals surface area contributed by atoms with Crippen LogP contribution in [0.3, 0.4) is 0 Å². The van der Waals surface area contributed by atoms with Gasteiger partial charge in [0.15, 0.2) is 11.5 Å². The minimum Gasteiger partial charge on any atom is -0.486 e. The molecule has 0 spiro atoms. The van der Waals surface area contributed by atoms with Crippen molar-refractivity contribution in [3.05, 3.63) is 57.0 Å². The lowest BCUT2D eigenvalue weighted by molar-refractivity contribution is 0.0497. The van der Waals surface area contributed by atoms with Crippen molar-refractivity contribution < 1.29 is 14.2 Å². The number of hydrogen-bond donors (Lipinski definition) is 1. The van der Waals surface area contributed by atoms with Gasteiger partial charge in [-0.3, -0.25) is 0 Å². The van der Waals surface area contributed by atoms with Crippen molar-refractivity contribution >= 4 is 27.5 Å². The molecule has 6 heteroatoms. The summed E-state index contributed by atoms with van der Waals surface area (Å²) in [6.07, 6.45) is 2.02. The molecule has 0 saturated carbocycles. The highest BCUT2D eigenvalue weighted by Crippen LogP contribution is 2.39. The first-order valence-electron chi connectivity index (χ1n) is 9.29. The van der Waals surface area contributed by atoms with E-state index in [4.69, 9.17) is 25.8 Å². The van der Waals surface area contributed by atoms with Crippen LogP contribution in [-0.2, 0) is 16.7 Å². The zero-order valence-electron chi connectivity index (χ0n) is 15.1. The van der Waals surface area contributed by atoms with Gasteiger partial charge in [-0.25, -0.2) is 0 Å². The summed E-state index contributed by atoms with van der Waals surface area (Å²) in [6, 6.07) is 12.6. The van der Waals surface area contributed by atoms with Gasteiger partial charge in [0.05, 0.1) is 5.02 Å². The van der Waals surface area contributed by atoms with Gasteiger partial charge in [0.2, 0.25) is 0 Å². The van der Waals surface area contributed by atoms with E-state index in [0.717, 1.165) is 54.9 Å². The van der Waals surface area contributed by atoms with E-state index < -0.39 is 0 Å². The molecule has 2 aliphatic heterocycles. The fourth-order valence-corrected chi connectivity index (χ4v) is 4.55. The maximum absolute atomic E-state index is 6.36. The molecule has 2 aromatic rings. The lowest BCUT2D eigenvalue weighted by Gasteiger charge is -2.38. The third-order valence-corrected chi connectivity index (χ3v) is 6.11. The Balaban J connectivity index is 1.48. The minimum absolute atomic E-state index is 0.0830. The van der Waals surface area contributed by atoms with Crippen molar-refractivity contribution in [1.29, 1.82) is 0 Å². The van der Waals surface area contributed by atoms with Gasteiger partial charge in [0, 0.05) is 36.2 Å². The van der Waals surface area contributed by atoms with Crippen LogP contribution in [-0.4, -0.2) is 33.0 Å². The second-order valence-corrected chi connectivity index (χ2v) is 8.43. The van der Waals surface area contributed by atoms with E-state index in [-0.39, 0.29) is 5.41 Å². The number of halogens is 2. The first-order chi connectivity index (χ1) is 13.2. The van der Waals surface area contributed by atoms with Crippen molar-refractivity contribution in [2.45, 2.75) is 24.8 Å². The summed E-state index contributed by atoms with van der Waals surface area (Å²) in [5.74, 6) is 1.39. The highest BCUT2D eigenvalue weighted by molar-refractivity contribution is 9.10. The molecule has 144 valence electrons. The molecule has 0 aliphatic carbocycles. The number of ether oxygens (including phenoxy) is 3. The highest BCUT2D eigenvalue weighted by Gasteiger charge is 2.34. The molecule has 0 aromatic heterocycles. The topological polar surface area (TPSA) is 39.7 Å². The van der Waals surface area contributed by atoms with Gasteiger partial charge < -0.3 is 19.5 Å². The van der Waals surface area contributed by atoms with Crippen LogP contribution in [0.5, 0.6) is 11.5 Å². The lowest BCUT2D eigenvalue weighted by atomic mass is 9.74. The summed E-state index contributed by atoms with van der Waals surface area (Å²) >= 11 is 9.97. The molecule has 2 heterocycles. The van der Waals surface area contributed by atoms with Crippen LogP contribution in [0.15, 0.2) is 40.9 Å². The molecule has 27 heavy (non-hydrogen) atoms. The molecular formula is C21H23BrClNO3. The molecule has 0 unspecified atom stereocenters. The van der Waals surface area contributed by atoms with E-state index >= 15 is 0 Å². The molecule has 1 saturated heterocycles. The molecule has 0 bridgehead atoms. The standard InChI is InChI=1S/C21H23BrClNO3/c22-17-3-1-2-16(12-17)21(4-6-25-7-5-21)14-24-13-15-10-18(23)20-19(11-15)26-8-9-27-20/h1-3,10-12,24H,4-9,13-14H2. The molecule has 2 aromatic carbocycles. The van der Waals surface area contributed by atoms with Crippen LogP contribution < -0.4 is 14.8 Å². The molecule has 1 N–H and O–H groups in total. The second-order valence-electron chi connectivity index (χ2n) is 7.11. The maximum atomic E-state index is 6.36. The van der Waals surface area contributed by atoms with Crippen molar-refractivity contribution in [1.82, 2.24) is 5.32 Å². The van der Waals surface area contributed by atoms with Crippen LogP contribution in [0.1, 0.15) is 24.0 Å². The van der Waals surface area contributed by atoms with Gasteiger partial charge >= 0.3 is 0 Å². The maximum Gasteiger partial charge on any atom is 0.179 e. The van der Waals surface area contributed by atoms with E-state index in [9.17, 15) is 0 Å². The summed E-state index contributed by atoms with van der Waals surface area (Å²) in [7, 11) is 0. The van der Waals surface area contributed by atoms with Crippen LogP contribution >= 0.6 is 27.5 Å². The Hall–Kier alpha value is -1.27. The number of nitrogens with one attached hydrogen (secondary N) is 1. The first kappa shape index (κ1) is 19.1. The monoisotopic (exact) mass is 451 g/mol. The van der Waals surface area contributed by atoms with Crippen molar-refractivity contribution in [3.63, 3.8) is 0 Å². The van der Waals surface area contributed by atoms with E-state index in [2.05, 4.69) is 45.5 Å². The smallest absolute Gasteiger partial charge is 0.179 e. The van der Waals surface area contributed by atoms with Gasteiger partial charge in [-0.15, -0.1) is 0 Å². The molecule has 2 aliphatic rings. The minimum atomic E-state index is 0.0830. The molecule has 4 nitrogen and oxygen atoms in total. The van der Waals surface area contributed by atoms with Crippen molar-refractivity contribution in [2.24, 2.45) is 0 Å². The van der Waals surface area contributed by atoms with Gasteiger partial charge in [-0.2, -0.15) is 0 Å². The second kappa shape index (κ2) is 8.39. The highest BCUT2D eigenvalue weighted by atomic mass is 79.9. The summed E-state index contributed by atoms with van der Waals surface area (Å²) in [5.41, 5.74) is 2.54. The largest absolute Gasteiger partial charge is 0.486 e. The van der Waals surface area contributed by atoms with E-state index in [0.29, 0.717) is 24.0 Å². The molecule has 0 radical (unpaired) electrons. The molecule has 1 fully saturated rings. The van der Waals surface area contributed by atoms with Crippen LogP contribution in [0.25, 0.3) is 0 Å². The number of rotatable bonds is 5. The molecule has 0 amide bonds. The summed E-state index contributed by atoms with van der Waals surface area (Å²) in [4.78, 5) is 0. The predicted molar refractivity (Wildman–Crippen MR) is 110 cm³/mol. The predicted octanol–water partition coefficient (Wildman–Crippen LogP) is 4.71. The lowest BCUT2D eigenvalue weighted by Crippen LogP contribution is -2.42. The van der Waals surface area contributed by atoms with Crippen molar-refractivity contribution in [2.75, 3.05) is 33.0 Å². The zero-order valence-corrected chi connectivity index (χ0v) is 17.4. The SMILES string of the molecule is Clc1cc(CNCC2(c3cccc(Br)c3)CCOCC2)cc2c1OCCO2. The normalized spacial score (nSPS) is 18.3. The van der Waals surface area contributed by atoms with Gasteiger partial charge in [-0.1, -0.05) is 39.7 Å². The number of fused-ring (bicyclic) bond motifs is 1. The van der Waals surface area contributed by atoms with Gasteiger partial charge in [0.25, 0.3) is 0 Å². The summed E-state index contributed by atoms with van der Waals surface area (Å²) in [6.45, 7) is 4.31. The average Bonchev–Trinajstić information content (AvgIpc) is 2.69. The average molecular weight is 453 g/mol. The molecule has 4 rings (SSSR count). The van der Waals surface area contributed by atoms with Crippen LogP contribution in [0.2, 0.25) is 5.02 Å². The van der Waals surface area contributed by atoms with Crippen molar-refractivity contribution in [3.8, 4) is 11.5 Å². The number of benzene rings is 2. The third-order valence-electron chi connectivity index (χ3n) is 5.34. The Kier molecular flexibility index (Phi) is 5.93. The van der Waals surface area contributed by atoms with E-state index in [1.165, 1.54) is 5.56 Å². The summed E-state index contributed by atoms with van der Waals surface area (Å²) < 4.78 is 18.0.